The molecule has 0 aromatic carbocycles. The summed E-state index contributed by atoms with van der Waals surface area (Å²) in [7, 11) is 1.78. The third-order valence-electron chi connectivity index (χ3n) is 4.81. The number of hydrogen-bond donors (Lipinski definition) is 1. The number of aromatic nitrogens is 1. The second-order valence-corrected chi connectivity index (χ2v) is 5.86. The first-order chi connectivity index (χ1) is 9.69. The first-order valence-corrected chi connectivity index (χ1v) is 7.36. The second kappa shape index (κ2) is 5.58. The maximum atomic E-state index is 11.2. The lowest BCUT2D eigenvalue weighted by molar-refractivity contribution is -0.0357. The molecule has 1 aliphatic heterocycles. The van der Waals surface area contributed by atoms with E-state index in [1.807, 2.05) is 16.8 Å². The van der Waals surface area contributed by atoms with E-state index in [2.05, 4.69) is 4.90 Å². The summed E-state index contributed by atoms with van der Waals surface area (Å²) in [5.74, 6) is -0.834. The van der Waals surface area contributed by atoms with E-state index < -0.39 is 5.97 Å². The number of carbonyl (C=O) groups is 1. The number of nitrogens with zero attached hydrogens (tertiary/aromatic N) is 2. The third-order valence-corrected chi connectivity index (χ3v) is 4.81. The quantitative estimate of drug-likeness (QED) is 0.915. The largest absolute Gasteiger partial charge is 0.477 e. The molecule has 0 amide bonds. The third kappa shape index (κ3) is 2.47. The van der Waals surface area contributed by atoms with Gasteiger partial charge in [0.1, 0.15) is 5.69 Å². The van der Waals surface area contributed by atoms with E-state index in [4.69, 9.17) is 4.74 Å². The number of piperidine rings is 1. The van der Waals surface area contributed by atoms with E-state index in [0.717, 1.165) is 38.8 Å². The molecule has 0 bridgehead atoms. The molecule has 3 rings (SSSR count). The van der Waals surface area contributed by atoms with Crippen LogP contribution in [0, 0.1) is 0 Å². The Bertz CT molecular complexity index is 471. The van der Waals surface area contributed by atoms with Gasteiger partial charge in [-0.15, -0.1) is 0 Å². The zero-order valence-electron chi connectivity index (χ0n) is 11.9. The van der Waals surface area contributed by atoms with Crippen LogP contribution < -0.4 is 0 Å². The van der Waals surface area contributed by atoms with Crippen LogP contribution >= 0.6 is 0 Å². The van der Waals surface area contributed by atoms with Crippen LogP contribution in [0.4, 0.5) is 0 Å². The van der Waals surface area contributed by atoms with Gasteiger partial charge in [-0.1, -0.05) is 0 Å². The lowest BCUT2D eigenvalue weighted by atomic mass is 9.86. The predicted molar refractivity (Wildman–Crippen MR) is 75.1 cm³/mol. The van der Waals surface area contributed by atoms with Gasteiger partial charge >= 0.3 is 5.97 Å². The molecular formula is C15H22N2O3. The van der Waals surface area contributed by atoms with E-state index in [9.17, 15) is 9.90 Å². The highest BCUT2D eigenvalue weighted by atomic mass is 16.5. The summed E-state index contributed by atoms with van der Waals surface area (Å²) in [5, 5.41) is 9.18. The number of carboxylic acid groups (broad SMARTS) is 1. The van der Waals surface area contributed by atoms with Crippen LogP contribution in [-0.2, 0) is 4.74 Å². The lowest BCUT2D eigenvalue weighted by Crippen LogP contribution is -2.50. The molecule has 1 aromatic rings. The number of rotatable bonds is 4. The summed E-state index contributed by atoms with van der Waals surface area (Å²) in [6.45, 7) is 2.12. The first-order valence-electron chi connectivity index (χ1n) is 7.36. The Labute approximate surface area is 119 Å². The van der Waals surface area contributed by atoms with Crippen LogP contribution in [0.25, 0.3) is 0 Å². The molecule has 0 spiro atoms. The fourth-order valence-corrected chi connectivity index (χ4v) is 3.45. The van der Waals surface area contributed by atoms with Crippen molar-refractivity contribution in [3.05, 3.63) is 24.0 Å². The molecule has 0 atom stereocenters. The Morgan fingerprint density at radius 1 is 1.30 bits per heavy atom. The minimum absolute atomic E-state index is 0.325. The molecule has 0 radical (unpaired) electrons. The Morgan fingerprint density at radius 2 is 2.00 bits per heavy atom. The topological polar surface area (TPSA) is 54.7 Å². The molecule has 2 aliphatic rings. The monoisotopic (exact) mass is 278 g/mol. The normalized spacial score (nSPS) is 28.2. The molecule has 110 valence electrons. The highest BCUT2D eigenvalue weighted by Gasteiger charge is 2.35. The molecule has 5 heteroatoms. The number of ether oxygens (including phenoxy) is 1. The standard InChI is InChI=1S/C15H22N2O3/c1-20-13-9-12(10-13)16-7-4-11(5-8-16)17-6-2-3-14(17)15(18)19/h2-3,6,11-13H,4-5,7-10H2,1H3,(H,18,19). The summed E-state index contributed by atoms with van der Waals surface area (Å²) in [4.78, 5) is 13.7. The molecule has 1 aromatic heterocycles. The van der Waals surface area contributed by atoms with Crippen molar-refractivity contribution < 1.29 is 14.6 Å². The molecule has 1 saturated carbocycles. The zero-order valence-corrected chi connectivity index (χ0v) is 11.9. The van der Waals surface area contributed by atoms with Gasteiger partial charge in [0, 0.05) is 38.5 Å². The van der Waals surface area contributed by atoms with E-state index in [1.54, 1.807) is 13.2 Å². The molecule has 0 unspecified atom stereocenters. The second-order valence-electron chi connectivity index (χ2n) is 5.86. The Kier molecular flexibility index (Phi) is 3.81. The SMILES string of the molecule is COC1CC(N2CCC(n3cccc3C(=O)O)CC2)C1. The lowest BCUT2D eigenvalue weighted by Gasteiger charge is -2.45. The van der Waals surface area contributed by atoms with Gasteiger partial charge < -0.3 is 19.3 Å². The van der Waals surface area contributed by atoms with Gasteiger partial charge in [0.05, 0.1) is 6.10 Å². The fraction of sp³-hybridized carbons (Fsp3) is 0.667. The number of hydrogen-bond acceptors (Lipinski definition) is 3. The maximum Gasteiger partial charge on any atom is 0.352 e. The predicted octanol–water partition coefficient (Wildman–Crippen LogP) is 2.00. The van der Waals surface area contributed by atoms with Crippen molar-refractivity contribution in [2.75, 3.05) is 20.2 Å². The molecule has 1 saturated heterocycles. The van der Waals surface area contributed by atoms with Crippen molar-refractivity contribution in [2.24, 2.45) is 0 Å². The number of methoxy groups -OCH3 is 1. The van der Waals surface area contributed by atoms with E-state index >= 15 is 0 Å². The van der Waals surface area contributed by atoms with Crippen molar-refractivity contribution in [1.82, 2.24) is 9.47 Å². The molecule has 20 heavy (non-hydrogen) atoms. The van der Waals surface area contributed by atoms with Gasteiger partial charge in [0.2, 0.25) is 0 Å². The van der Waals surface area contributed by atoms with Crippen molar-refractivity contribution >= 4 is 5.97 Å². The molecule has 1 N–H and O–H groups in total. The molecule has 1 aliphatic carbocycles. The zero-order chi connectivity index (χ0) is 14.1. The van der Waals surface area contributed by atoms with E-state index in [0.29, 0.717) is 23.9 Å². The minimum Gasteiger partial charge on any atom is -0.477 e. The van der Waals surface area contributed by atoms with Crippen molar-refractivity contribution in [1.29, 1.82) is 0 Å². The average Bonchev–Trinajstić information content (AvgIpc) is 2.88. The van der Waals surface area contributed by atoms with E-state index in [1.165, 1.54) is 0 Å². The van der Waals surface area contributed by atoms with Gasteiger partial charge in [-0.2, -0.15) is 0 Å². The maximum absolute atomic E-state index is 11.2. The Hall–Kier alpha value is -1.33. The summed E-state index contributed by atoms with van der Waals surface area (Å²) < 4.78 is 7.26. The van der Waals surface area contributed by atoms with Crippen LogP contribution in [0.1, 0.15) is 42.2 Å². The van der Waals surface area contributed by atoms with Crippen LogP contribution in [0.2, 0.25) is 0 Å². The van der Waals surface area contributed by atoms with Crippen molar-refractivity contribution in [2.45, 2.75) is 43.9 Å². The fourth-order valence-electron chi connectivity index (χ4n) is 3.45. The minimum atomic E-state index is -0.834. The number of aromatic carboxylic acids is 1. The highest BCUT2D eigenvalue weighted by molar-refractivity contribution is 5.85. The Morgan fingerprint density at radius 3 is 2.60 bits per heavy atom. The number of carboxylic acids is 1. The summed E-state index contributed by atoms with van der Waals surface area (Å²) >= 11 is 0. The van der Waals surface area contributed by atoms with Gasteiger partial charge in [0.25, 0.3) is 0 Å². The van der Waals surface area contributed by atoms with Crippen LogP contribution in [-0.4, -0.2) is 52.9 Å². The van der Waals surface area contributed by atoms with Crippen LogP contribution in [0.3, 0.4) is 0 Å². The van der Waals surface area contributed by atoms with Gasteiger partial charge in [-0.25, -0.2) is 4.79 Å². The summed E-state index contributed by atoms with van der Waals surface area (Å²) in [6, 6.07) is 4.50. The van der Waals surface area contributed by atoms with E-state index in [-0.39, 0.29) is 0 Å². The van der Waals surface area contributed by atoms with Crippen molar-refractivity contribution in [3.8, 4) is 0 Å². The van der Waals surface area contributed by atoms with Gasteiger partial charge in [0.15, 0.2) is 0 Å². The van der Waals surface area contributed by atoms with Gasteiger partial charge in [-0.05, 0) is 37.8 Å². The smallest absolute Gasteiger partial charge is 0.352 e. The van der Waals surface area contributed by atoms with Crippen LogP contribution in [0.15, 0.2) is 18.3 Å². The van der Waals surface area contributed by atoms with Crippen molar-refractivity contribution in [3.63, 3.8) is 0 Å². The molecular weight excluding hydrogens is 256 g/mol. The Balaban J connectivity index is 1.56. The highest BCUT2D eigenvalue weighted by Crippen LogP contribution is 2.32. The molecule has 5 nitrogen and oxygen atoms in total. The first kappa shape index (κ1) is 13.6. The van der Waals surface area contributed by atoms with Crippen LogP contribution in [0.5, 0.6) is 0 Å². The van der Waals surface area contributed by atoms with Gasteiger partial charge in [-0.3, -0.25) is 0 Å². The summed E-state index contributed by atoms with van der Waals surface area (Å²) in [5.41, 5.74) is 0.409. The summed E-state index contributed by atoms with van der Waals surface area (Å²) in [6.07, 6.45) is 6.69. The molecule has 2 heterocycles. The number of likely N-dealkylation sites (tertiary alicyclic amines) is 1. The average molecular weight is 278 g/mol. The molecule has 2 fully saturated rings.